The lowest BCUT2D eigenvalue weighted by Gasteiger charge is -2.27. The van der Waals surface area contributed by atoms with Crippen molar-refractivity contribution in [3.05, 3.63) is 47.8 Å². The molecule has 3 heteroatoms. The van der Waals surface area contributed by atoms with Crippen molar-refractivity contribution in [1.82, 2.24) is 0 Å². The second-order valence-corrected chi connectivity index (χ2v) is 5.52. The number of carboxylic acids is 1. The van der Waals surface area contributed by atoms with E-state index in [1.165, 1.54) is 17.7 Å². The van der Waals surface area contributed by atoms with Crippen LogP contribution in [-0.4, -0.2) is 11.1 Å². The van der Waals surface area contributed by atoms with E-state index in [-0.39, 0.29) is 12.2 Å². The first-order valence-electron chi connectivity index (χ1n) is 7.29. The van der Waals surface area contributed by atoms with Crippen molar-refractivity contribution in [2.45, 2.75) is 44.4 Å². The Hall–Kier alpha value is -1.64. The second kappa shape index (κ2) is 7.22. The van der Waals surface area contributed by atoms with Gasteiger partial charge in [-0.25, -0.2) is 4.39 Å². The van der Waals surface area contributed by atoms with Crippen LogP contribution in [0.4, 0.5) is 4.39 Å². The highest BCUT2D eigenvalue weighted by Crippen LogP contribution is 2.36. The molecule has 0 atom stereocenters. The highest BCUT2D eigenvalue weighted by Gasteiger charge is 2.20. The van der Waals surface area contributed by atoms with E-state index in [2.05, 4.69) is 6.08 Å². The maximum absolute atomic E-state index is 12.9. The van der Waals surface area contributed by atoms with Gasteiger partial charge in [-0.3, -0.25) is 4.79 Å². The molecule has 1 N–H and O–H groups in total. The average Bonchev–Trinajstić information content (AvgIpc) is 2.45. The Kier molecular flexibility index (Phi) is 5.33. The molecule has 0 aromatic heterocycles. The molecular formula is C17H21FO2. The van der Waals surface area contributed by atoms with Gasteiger partial charge in [0.15, 0.2) is 0 Å². The van der Waals surface area contributed by atoms with Gasteiger partial charge in [0.2, 0.25) is 0 Å². The van der Waals surface area contributed by atoms with E-state index in [0.717, 1.165) is 25.7 Å². The lowest BCUT2D eigenvalue weighted by atomic mass is 9.78. The summed E-state index contributed by atoms with van der Waals surface area (Å²) in [6.45, 7) is 0. The van der Waals surface area contributed by atoms with Gasteiger partial charge >= 0.3 is 5.97 Å². The van der Waals surface area contributed by atoms with Crippen LogP contribution in [0.2, 0.25) is 0 Å². The Labute approximate surface area is 119 Å². The predicted molar refractivity (Wildman–Crippen MR) is 77.1 cm³/mol. The van der Waals surface area contributed by atoms with Crippen molar-refractivity contribution in [2.24, 2.45) is 5.92 Å². The smallest absolute Gasteiger partial charge is 0.303 e. The Morgan fingerprint density at radius 1 is 1.20 bits per heavy atom. The van der Waals surface area contributed by atoms with E-state index >= 15 is 0 Å². The molecule has 0 heterocycles. The number of carbonyl (C=O) groups is 1. The molecule has 20 heavy (non-hydrogen) atoms. The molecule has 108 valence electrons. The average molecular weight is 276 g/mol. The van der Waals surface area contributed by atoms with Gasteiger partial charge in [0.25, 0.3) is 0 Å². The van der Waals surface area contributed by atoms with E-state index < -0.39 is 5.97 Å². The van der Waals surface area contributed by atoms with Crippen molar-refractivity contribution >= 4 is 5.97 Å². The molecule has 0 spiro atoms. The van der Waals surface area contributed by atoms with E-state index in [1.54, 1.807) is 0 Å². The molecule has 1 aliphatic carbocycles. The molecule has 0 amide bonds. The van der Waals surface area contributed by atoms with Crippen molar-refractivity contribution in [2.75, 3.05) is 0 Å². The molecule has 0 aliphatic heterocycles. The number of carboxylic acid groups (broad SMARTS) is 1. The van der Waals surface area contributed by atoms with Gasteiger partial charge < -0.3 is 5.11 Å². The van der Waals surface area contributed by atoms with Gasteiger partial charge in [0.1, 0.15) is 5.82 Å². The fourth-order valence-electron chi connectivity index (χ4n) is 2.88. The van der Waals surface area contributed by atoms with E-state index in [4.69, 9.17) is 5.11 Å². The number of hydrogen-bond donors (Lipinski definition) is 1. The van der Waals surface area contributed by atoms with Crippen molar-refractivity contribution in [1.29, 1.82) is 0 Å². The number of rotatable bonds is 5. The molecule has 0 radical (unpaired) electrons. The van der Waals surface area contributed by atoms with Gasteiger partial charge in [0, 0.05) is 6.42 Å². The van der Waals surface area contributed by atoms with Crippen LogP contribution < -0.4 is 0 Å². The van der Waals surface area contributed by atoms with Crippen LogP contribution in [0.1, 0.15) is 50.0 Å². The van der Waals surface area contributed by atoms with E-state index in [0.29, 0.717) is 18.3 Å². The summed E-state index contributed by atoms with van der Waals surface area (Å²) in [6.07, 6.45) is 9.51. The van der Waals surface area contributed by atoms with Crippen molar-refractivity contribution in [3.8, 4) is 0 Å². The summed E-state index contributed by atoms with van der Waals surface area (Å²) in [4.78, 5) is 10.4. The standard InChI is InChI=1S/C17H21FO2/c18-16-11-9-15(10-12-16)14-7-5-13(6-8-14)3-1-2-4-17(19)20/h1,3,9-14H,2,4-8H2,(H,19,20). The quantitative estimate of drug-likeness (QED) is 0.803. The van der Waals surface area contributed by atoms with Crippen molar-refractivity contribution in [3.63, 3.8) is 0 Å². The first kappa shape index (κ1) is 14.8. The van der Waals surface area contributed by atoms with Gasteiger partial charge in [-0.15, -0.1) is 0 Å². The normalized spacial score (nSPS) is 23.1. The molecule has 2 nitrogen and oxygen atoms in total. The van der Waals surface area contributed by atoms with Gasteiger partial charge in [0.05, 0.1) is 0 Å². The summed E-state index contributed by atoms with van der Waals surface area (Å²) >= 11 is 0. The van der Waals surface area contributed by atoms with E-state index in [1.807, 2.05) is 18.2 Å². The zero-order valence-corrected chi connectivity index (χ0v) is 11.6. The fraction of sp³-hybridized carbons (Fsp3) is 0.471. The molecule has 1 aromatic rings. The molecule has 0 saturated heterocycles. The van der Waals surface area contributed by atoms with Crippen LogP contribution >= 0.6 is 0 Å². The molecule has 0 bridgehead atoms. The highest BCUT2D eigenvalue weighted by atomic mass is 19.1. The monoisotopic (exact) mass is 276 g/mol. The van der Waals surface area contributed by atoms with Gasteiger partial charge in [-0.05, 0) is 61.6 Å². The molecule has 2 rings (SSSR count). The summed E-state index contributed by atoms with van der Waals surface area (Å²) in [5.41, 5.74) is 1.24. The molecule has 1 aliphatic rings. The third-order valence-corrected chi connectivity index (χ3v) is 4.05. The summed E-state index contributed by atoms with van der Waals surface area (Å²) in [5, 5.41) is 8.57. The Bertz CT molecular complexity index is 456. The predicted octanol–water partition coefficient (Wildman–Crippen LogP) is 4.52. The number of allylic oxidation sites excluding steroid dienone is 2. The maximum Gasteiger partial charge on any atom is 0.303 e. The number of aliphatic carboxylic acids is 1. The first-order chi connectivity index (χ1) is 9.65. The molecular weight excluding hydrogens is 255 g/mol. The summed E-state index contributed by atoms with van der Waals surface area (Å²) in [6, 6.07) is 6.85. The lowest BCUT2D eigenvalue weighted by molar-refractivity contribution is -0.136. The Morgan fingerprint density at radius 2 is 1.85 bits per heavy atom. The van der Waals surface area contributed by atoms with Crippen LogP contribution in [0.25, 0.3) is 0 Å². The van der Waals surface area contributed by atoms with Crippen molar-refractivity contribution < 1.29 is 14.3 Å². The highest BCUT2D eigenvalue weighted by molar-refractivity contribution is 5.66. The topological polar surface area (TPSA) is 37.3 Å². The second-order valence-electron chi connectivity index (χ2n) is 5.52. The Balaban J connectivity index is 1.77. The SMILES string of the molecule is O=C(O)CCC=CC1CCC(c2ccc(F)cc2)CC1. The minimum atomic E-state index is -0.741. The van der Waals surface area contributed by atoms with Crippen LogP contribution in [0.3, 0.4) is 0 Å². The molecule has 1 fully saturated rings. The van der Waals surface area contributed by atoms with Crippen LogP contribution in [0.15, 0.2) is 36.4 Å². The summed E-state index contributed by atoms with van der Waals surface area (Å²) in [7, 11) is 0. The number of benzene rings is 1. The van der Waals surface area contributed by atoms with Crippen LogP contribution in [0, 0.1) is 11.7 Å². The lowest BCUT2D eigenvalue weighted by Crippen LogP contribution is -2.11. The molecule has 1 aromatic carbocycles. The fourth-order valence-corrected chi connectivity index (χ4v) is 2.88. The van der Waals surface area contributed by atoms with Gasteiger partial charge in [-0.1, -0.05) is 24.3 Å². The summed E-state index contributed by atoms with van der Waals surface area (Å²) < 4.78 is 12.9. The first-order valence-corrected chi connectivity index (χ1v) is 7.29. The zero-order valence-electron chi connectivity index (χ0n) is 11.6. The van der Waals surface area contributed by atoms with E-state index in [9.17, 15) is 9.18 Å². The molecule has 1 saturated carbocycles. The molecule has 0 unspecified atom stereocenters. The van der Waals surface area contributed by atoms with Gasteiger partial charge in [-0.2, -0.15) is 0 Å². The minimum Gasteiger partial charge on any atom is -0.481 e. The minimum absolute atomic E-state index is 0.177. The Morgan fingerprint density at radius 3 is 2.45 bits per heavy atom. The zero-order chi connectivity index (χ0) is 14.4. The third kappa shape index (κ3) is 4.48. The number of halogens is 1. The van der Waals surface area contributed by atoms with Crippen LogP contribution in [0.5, 0.6) is 0 Å². The largest absolute Gasteiger partial charge is 0.481 e. The summed E-state index contributed by atoms with van der Waals surface area (Å²) in [5.74, 6) is 0.193. The maximum atomic E-state index is 12.9. The number of hydrogen-bond acceptors (Lipinski definition) is 1. The third-order valence-electron chi connectivity index (χ3n) is 4.05. The van der Waals surface area contributed by atoms with Crippen LogP contribution in [-0.2, 0) is 4.79 Å².